The molecular formula is C17H15N3O3S. The van der Waals surface area contributed by atoms with Gasteiger partial charge >= 0.3 is 0 Å². The van der Waals surface area contributed by atoms with Gasteiger partial charge in [-0.2, -0.15) is 0 Å². The molecule has 0 unspecified atom stereocenters. The third kappa shape index (κ3) is 3.21. The highest BCUT2D eigenvalue weighted by atomic mass is 32.1. The Morgan fingerprint density at radius 2 is 1.79 bits per heavy atom. The number of benzene rings is 1. The summed E-state index contributed by atoms with van der Waals surface area (Å²) in [6.45, 7) is 0. The van der Waals surface area contributed by atoms with Crippen LogP contribution in [-0.2, 0) is 0 Å². The van der Waals surface area contributed by atoms with Gasteiger partial charge in [-0.05, 0) is 24.3 Å². The van der Waals surface area contributed by atoms with Crippen LogP contribution in [-0.4, -0.2) is 30.1 Å². The molecule has 0 bridgehead atoms. The van der Waals surface area contributed by atoms with Crippen LogP contribution in [0.1, 0.15) is 10.4 Å². The van der Waals surface area contributed by atoms with E-state index in [-0.39, 0.29) is 5.91 Å². The molecule has 3 aromatic rings. The molecule has 1 amide bonds. The predicted octanol–water partition coefficient (Wildman–Crippen LogP) is 3.47. The first-order valence-electron chi connectivity index (χ1n) is 7.12. The lowest BCUT2D eigenvalue weighted by atomic mass is 10.1. The number of rotatable bonds is 5. The molecule has 0 saturated carbocycles. The normalized spacial score (nSPS) is 10.2. The molecule has 0 atom stereocenters. The van der Waals surface area contributed by atoms with Crippen molar-refractivity contribution in [2.24, 2.45) is 0 Å². The molecule has 0 aliphatic rings. The smallest absolute Gasteiger partial charge is 0.265 e. The maximum absolute atomic E-state index is 12.6. The molecule has 0 saturated heterocycles. The van der Waals surface area contributed by atoms with Crippen molar-refractivity contribution in [1.82, 2.24) is 9.97 Å². The summed E-state index contributed by atoms with van der Waals surface area (Å²) < 4.78 is 10.5. The molecule has 6 nitrogen and oxygen atoms in total. The standard InChI is InChI=1S/C17H15N3O3S/c1-22-13-7-5-8-14(23-2)15(13)16(21)20-17-19-12(10-24-17)11-6-3-4-9-18-11/h3-10H,1-2H3,(H,19,20,21). The Morgan fingerprint density at radius 1 is 1.04 bits per heavy atom. The topological polar surface area (TPSA) is 73.3 Å². The zero-order valence-electron chi connectivity index (χ0n) is 13.1. The fourth-order valence-corrected chi connectivity index (χ4v) is 2.90. The number of nitrogens with one attached hydrogen (secondary N) is 1. The average molecular weight is 341 g/mol. The molecule has 1 N–H and O–H groups in total. The number of amides is 1. The number of anilines is 1. The van der Waals surface area contributed by atoms with Gasteiger partial charge in [0.25, 0.3) is 5.91 Å². The number of ether oxygens (including phenoxy) is 2. The monoisotopic (exact) mass is 341 g/mol. The van der Waals surface area contributed by atoms with Gasteiger partial charge < -0.3 is 9.47 Å². The summed E-state index contributed by atoms with van der Waals surface area (Å²) in [5, 5.41) is 5.10. The summed E-state index contributed by atoms with van der Waals surface area (Å²) in [6.07, 6.45) is 1.70. The fraction of sp³-hybridized carbons (Fsp3) is 0.118. The Bertz CT molecular complexity index is 827. The molecule has 0 radical (unpaired) electrons. The number of pyridine rings is 1. The van der Waals surface area contributed by atoms with Crippen LogP contribution in [0.2, 0.25) is 0 Å². The Hall–Kier alpha value is -2.93. The molecular weight excluding hydrogens is 326 g/mol. The molecule has 2 aromatic heterocycles. The number of thiazole rings is 1. The van der Waals surface area contributed by atoms with E-state index in [4.69, 9.17) is 9.47 Å². The second-order valence-corrected chi connectivity index (χ2v) is 5.60. The SMILES string of the molecule is COc1cccc(OC)c1C(=O)Nc1nc(-c2ccccn2)cs1. The van der Waals surface area contributed by atoms with Crippen molar-refractivity contribution in [1.29, 1.82) is 0 Å². The lowest BCUT2D eigenvalue weighted by Gasteiger charge is -2.11. The summed E-state index contributed by atoms with van der Waals surface area (Å²) in [7, 11) is 3.02. The minimum absolute atomic E-state index is 0.331. The van der Waals surface area contributed by atoms with Crippen LogP contribution in [0.3, 0.4) is 0 Å². The van der Waals surface area contributed by atoms with E-state index >= 15 is 0 Å². The maximum atomic E-state index is 12.6. The highest BCUT2D eigenvalue weighted by Gasteiger charge is 2.19. The highest BCUT2D eigenvalue weighted by Crippen LogP contribution is 2.30. The van der Waals surface area contributed by atoms with Crippen LogP contribution in [0.15, 0.2) is 48.0 Å². The quantitative estimate of drug-likeness (QED) is 0.769. The van der Waals surface area contributed by atoms with Crippen LogP contribution < -0.4 is 14.8 Å². The summed E-state index contributed by atoms with van der Waals surface area (Å²) in [5.74, 6) is 0.535. The third-order valence-corrected chi connectivity index (χ3v) is 4.06. The molecule has 0 spiro atoms. The van der Waals surface area contributed by atoms with E-state index in [0.717, 1.165) is 5.69 Å². The molecule has 122 valence electrons. The van der Waals surface area contributed by atoms with Gasteiger partial charge in [0, 0.05) is 11.6 Å². The minimum Gasteiger partial charge on any atom is -0.496 e. The number of aromatic nitrogens is 2. The maximum Gasteiger partial charge on any atom is 0.265 e. The number of hydrogen-bond donors (Lipinski definition) is 1. The largest absolute Gasteiger partial charge is 0.496 e. The van der Waals surface area contributed by atoms with Crippen molar-refractivity contribution in [2.75, 3.05) is 19.5 Å². The number of hydrogen-bond acceptors (Lipinski definition) is 6. The highest BCUT2D eigenvalue weighted by molar-refractivity contribution is 7.14. The first kappa shape index (κ1) is 15.9. The Kier molecular flexibility index (Phi) is 4.72. The fourth-order valence-electron chi connectivity index (χ4n) is 2.20. The van der Waals surface area contributed by atoms with Crippen LogP contribution in [0.25, 0.3) is 11.4 Å². The van der Waals surface area contributed by atoms with Gasteiger partial charge in [-0.3, -0.25) is 15.1 Å². The van der Waals surface area contributed by atoms with Gasteiger partial charge in [-0.1, -0.05) is 12.1 Å². The van der Waals surface area contributed by atoms with Crippen LogP contribution in [0.4, 0.5) is 5.13 Å². The van der Waals surface area contributed by atoms with E-state index in [1.807, 2.05) is 23.6 Å². The van der Waals surface area contributed by atoms with E-state index in [9.17, 15) is 4.79 Å². The van der Waals surface area contributed by atoms with Crippen molar-refractivity contribution < 1.29 is 14.3 Å². The van der Waals surface area contributed by atoms with Gasteiger partial charge in [0.05, 0.1) is 19.9 Å². The zero-order chi connectivity index (χ0) is 16.9. The Balaban J connectivity index is 1.85. The zero-order valence-corrected chi connectivity index (χ0v) is 14.0. The van der Waals surface area contributed by atoms with Crippen LogP contribution in [0.5, 0.6) is 11.5 Å². The first-order valence-corrected chi connectivity index (χ1v) is 8.00. The Labute approximate surface area is 143 Å². The van der Waals surface area contributed by atoms with Gasteiger partial charge in [0.15, 0.2) is 5.13 Å². The molecule has 0 fully saturated rings. The van der Waals surface area contributed by atoms with Crippen molar-refractivity contribution in [3.8, 4) is 22.9 Å². The number of nitrogens with zero attached hydrogens (tertiary/aromatic N) is 2. The molecule has 3 rings (SSSR count). The van der Waals surface area contributed by atoms with Crippen molar-refractivity contribution >= 4 is 22.4 Å². The van der Waals surface area contributed by atoms with E-state index in [1.165, 1.54) is 25.6 Å². The Morgan fingerprint density at radius 3 is 2.42 bits per heavy atom. The van der Waals surface area contributed by atoms with E-state index in [2.05, 4.69) is 15.3 Å². The lowest BCUT2D eigenvalue weighted by Crippen LogP contribution is -2.14. The van der Waals surface area contributed by atoms with Crippen LogP contribution >= 0.6 is 11.3 Å². The molecule has 1 aromatic carbocycles. The molecule has 7 heteroatoms. The van der Waals surface area contributed by atoms with Crippen LogP contribution in [0, 0.1) is 0 Å². The number of carbonyl (C=O) groups excluding carboxylic acids is 1. The molecule has 24 heavy (non-hydrogen) atoms. The second-order valence-electron chi connectivity index (χ2n) is 4.74. The van der Waals surface area contributed by atoms with Crippen molar-refractivity contribution in [2.45, 2.75) is 0 Å². The summed E-state index contributed by atoms with van der Waals surface area (Å²) in [6, 6.07) is 10.8. The first-order chi connectivity index (χ1) is 11.7. The summed E-state index contributed by atoms with van der Waals surface area (Å²) in [4.78, 5) is 21.2. The van der Waals surface area contributed by atoms with E-state index in [0.29, 0.717) is 27.9 Å². The third-order valence-electron chi connectivity index (χ3n) is 3.31. The number of carbonyl (C=O) groups is 1. The van der Waals surface area contributed by atoms with Gasteiger partial charge in [0.2, 0.25) is 0 Å². The minimum atomic E-state index is -0.341. The molecule has 2 heterocycles. The van der Waals surface area contributed by atoms with Crippen molar-refractivity contribution in [3.05, 3.63) is 53.5 Å². The van der Waals surface area contributed by atoms with Gasteiger partial charge in [-0.25, -0.2) is 4.98 Å². The lowest BCUT2D eigenvalue weighted by molar-refractivity contribution is 0.102. The van der Waals surface area contributed by atoms with E-state index in [1.54, 1.807) is 24.4 Å². The average Bonchev–Trinajstić information content (AvgIpc) is 3.10. The summed E-state index contributed by atoms with van der Waals surface area (Å²) >= 11 is 1.33. The molecule has 0 aliphatic carbocycles. The predicted molar refractivity (Wildman–Crippen MR) is 92.8 cm³/mol. The molecule has 0 aliphatic heterocycles. The van der Waals surface area contributed by atoms with E-state index < -0.39 is 0 Å². The van der Waals surface area contributed by atoms with Gasteiger partial charge in [-0.15, -0.1) is 11.3 Å². The second kappa shape index (κ2) is 7.10. The van der Waals surface area contributed by atoms with Crippen molar-refractivity contribution in [3.63, 3.8) is 0 Å². The number of methoxy groups -OCH3 is 2. The van der Waals surface area contributed by atoms with Gasteiger partial charge in [0.1, 0.15) is 22.8 Å². The summed E-state index contributed by atoms with van der Waals surface area (Å²) in [5.41, 5.74) is 1.80.